The molecule has 0 aliphatic rings. The normalized spacial score (nSPS) is 12.5. The van der Waals surface area contributed by atoms with Crippen molar-refractivity contribution >= 4 is 43.2 Å². The molecule has 0 saturated carbocycles. The van der Waals surface area contributed by atoms with Crippen LogP contribution < -0.4 is 9.62 Å². The Morgan fingerprint density at radius 1 is 1.15 bits per heavy atom. The Kier molecular flexibility index (Phi) is 6.08. The van der Waals surface area contributed by atoms with Crippen molar-refractivity contribution in [3.63, 3.8) is 0 Å². The predicted octanol–water partition coefficient (Wildman–Crippen LogP) is 4.00. The number of hydrogen-bond donors (Lipinski definition) is 1. The molecule has 0 radical (unpaired) electrons. The van der Waals surface area contributed by atoms with Gasteiger partial charge in [-0.25, -0.2) is 12.8 Å². The van der Waals surface area contributed by atoms with Gasteiger partial charge >= 0.3 is 0 Å². The number of sulfonamides is 1. The van der Waals surface area contributed by atoms with Crippen molar-refractivity contribution in [1.82, 2.24) is 0 Å². The minimum Gasteiger partial charge on any atom is -0.322 e. The highest BCUT2D eigenvalue weighted by Gasteiger charge is 2.29. The fourth-order valence-electron chi connectivity index (χ4n) is 2.71. The van der Waals surface area contributed by atoms with E-state index in [0.29, 0.717) is 10.2 Å². The second-order valence-electron chi connectivity index (χ2n) is 6.19. The molecular weight excluding hydrogens is 423 g/mol. The van der Waals surface area contributed by atoms with E-state index in [4.69, 9.17) is 0 Å². The summed E-state index contributed by atoms with van der Waals surface area (Å²) in [6.07, 6.45) is 1.04. The van der Waals surface area contributed by atoms with Gasteiger partial charge in [0.15, 0.2) is 0 Å². The number of hydrogen-bond acceptors (Lipinski definition) is 3. The first-order valence-corrected chi connectivity index (χ1v) is 10.5. The zero-order valence-electron chi connectivity index (χ0n) is 14.9. The van der Waals surface area contributed by atoms with Gasteiger partial charge in [0.25, 0.3) is 0 Å². The van der Waals surface area contributed by atoms with Gasteiger partial charge < -0.3 is 5.32 Å². The third kappa shape index (κ3) is 4.82. The Morgan fingerprint density at radius 3 is 2.23 bits per heavy atom. The molecule has 8 heteroatoms. The van der Waals surface area contributed by atoms with Crippen molar-refractivity contribution in [3.8, 4) is 0 Å². The van der Waals surface area contributed by atoms with Gasteiger partial charge in [0, 0.05) is 4.47 Å². The average molecular weight is 443 g/mol. The van der Waals surface area contributed by atoms with Crippen LogP contribution >= 0.6 is 15.9 Å². The SMILES string of the molecule is Cc1cc(C)cc(N([C@@H](C)C(=O)Nc2ccc(Br)cc2F)S(C)(=O)=O)c1. The number of aryl methyl sites for hydroxylation is 2. The lowest BCUT2D eigenvalue weighted by molar-refractivity contribution is -0.116. The average Bonchev–Trinajstić information content (AvgIpc) is 2.47. The number of nitrogens with one attached hydrogen (secondary N) is 1. The molecule has 0 aliphatic carbocycles. The molecule has 1 atom stereocenters. The maximum absolute atomic E-state index is 14.0. The van der Waals surface area contributed by atoms with E-state index in [1.54, 1.807) is 18.2 Å². The molecule has 2 aromatic rings. The molecule has 2 aromatic carbocycles. The summed E-state index contributed by atoms with van der Waals surface area (Å²) in [7, 11) is -3.73. The molecule has 0 bridgehead atoms. The zero-order chi connectivity index (χ0) is 19.6. The lowest BCUT2D eigenvalue weighted by Gasteiger charge is -2.28. The van der Waals surface area contributed by atoms with E-state index >= 15 is 0 Å². The van der Waals surface area contributed by atoms with Gasteiger partial charge in [0.2, 0.25) is 15.9 Å². The molecule has 0 fully saturated rings. The van der Waals surface area contributed by atoms with E-state index in [9.17, 15) is 17.6 Å². The van der Waals surface area contributed by atoms with E-state index in [-0.39, 0.29) is 5.69 Å². The number of carbonyl (C=O) groups excluding carboxylic acids is 1. The Bertz CT molecular complexity index is 927. The highest BCUT2D eigenvalue weighted by atomic mass is 79.9. The van der Waals surface area contributed by atoms with Gasteiger partial charge in [-0.15, -0.1) is 0 Å². The van der Waals surface area contributed by atoms with Crippen LogP contribution in [0.4, 0.5) is 15.8 Å². The highest BCUT2D eigenvalue weighted by Crippen LogP contribution is 2.25. The van der Waals surface area contributed by atoms with E-state index in [0.717, 1.165) is 21.7 Å². The molecular formula is C18H20BrFN2O3S. The molecule has 1 amide bonds. The molecule has 2 rings (SSSR count). The molecule has 5 nitrogen and oxygen atoms in total. The van der Waals surface area contributed by atoms with Crippen LogP contribution in [-0.2, 0) is 14.8 Å². The molecule has 0 unspecified atom stereocenters. The fourth-order valence-corrected chi connectivity index (χ4v) is 4.21. The number of benzene rings is 2. The Balaban J connectivity index is 2.37. The van der Waals surface area contributed by atoms with E-state index in [1.807, 2.05) is 19.9 Å². The third-order valence-electron chi connectivity index (χ3n) is 3.74. The molecule has 1 N–H and O–H groups in total. The third-order valence-corrected chi connectivity index (χ3v) is 5.47. The number of carbonyl (C=O) groups is 1. The Labute approximate surface area is 161 Å². The lowest BCUT2D eigenvalue weighted by atomic mass is 10.1. The monoisotopic (exact) mass is 442 g/mol. The second kappa shape index (κ2) is 7.75. The first-order chi connectivity index (χ1) is 12.0. The van der Waals surface area contributed by atoms with Crippen molar-refractivity contribution < 1.29 is 17.6 Å². The van der Waals surface area contributed by atoms with Crippen LogP contribution in [0.3, 0.4) is 0 Å². The summed E-state index contributed by atoms with van der Waals surface area (Å²) in [6, 6.07) is 8.45. The lowest BCUT2D eigenvalue weighted by Crippen LogP contribution is -2.45. The molecule has 140 valence electrons. The van der Waals surface area contributed by atoms with Crippen molar-refractivity contribution in [2.75, 3.05) is 15.9 Å². The number of rotatable bonds is 5. The van der Waals surface area contributed by atoms with E-state index in [2.05, 4.69) is 21.2 Å². The molecule has 0 spiro atoms. The van der Waals surface area contributed by atoms with Crippen LogP contribution in [0.2, 0.25) is 0 Å². The summed E-state index contributed by atoms with van der Waals surface area (Å²) >= 11 is 3.14. The van der Waals surface area contributed by atoms with Crippen molar-refractivity contribution in [2.24, 2.45) is 0 Å². The van der Waals surface area contributed by atoms with Gasteiger partial charge in [0.05, 0.1) is 17.6 Å². The summed E-state index contributed by atoms with van der Waals surface area (Å²) in [5.41, 5.74) is 2.13. The van der Waals surface area contributed by atoms with Crippen LogP contribution in [0.5, 0.6) is 0 Å². The first-order valence-electron chi connectivity index (χ1n) is 7.82. The minimum atomic E-state index is -3.73. The molecule has 26 heavy (non-hydrogen) atoms. The highest BCUT2D eigenvalue weighted by molar-refractivity contribution is 9.10. The molecule has 0 saturated heterocycles. The van der Waals surface area contributed by atoms with Crippen LogP contribution in [0.25, 0.3) is 0 Å². The topological polar surface area (TPSA) is 66.5 Å². The minimum absolute atomic E-state index is 0.0149. The molecule has 0 aromatic heterocycles. The van der Waals surface area contributed by atoms with Gasteiger partial charge in [-0.05, 0) is 62.2 Å². The van der Waals surface area contributed by atoms with Crippen molar-refractivity contribution in [1.29, 1.82) is 0 Å². The van der Waals surface area contributed by atoms with Gasteiger partial charge in [0.1, 0.15) is 11.9 Å². The maximum Gasteiger partial charge on any atom is 0.248 e. The predicted molar refractivity (Wildman–Crippen MR) is 105 cm³/mol. The van der Waals surface area contributed by atoms with Gasteiger partial charge in [-0.2, -0.15) is 0 Å². The Hall–Kier alpha value is -1.93. The maximum atomic E-state index is 14.0. The number of amides is 1. The standard InChI is InChI=1S/C18H20BrFN2O3S/c1-11-7-12(2)9-15(8-11)22(26(4,24)25)13(3)18(23)21-17-6-5-14(19)10-16(17)20/h5-10,13H,1-4H3,(H,21,23)/t13-/m0/s1. The molecule has 0 heterocycles. The van der Waals surface area contributed by atoms with Gasteiger partial charge in [-0.1, -0.05) is 22.0 Å². The van der Waals surface area contributed by atoms with Gasteiger partial charge in [-0.3, -0.25) is 9.10 Å². The zero-order valence-corrected chi connectivity index (χ0v) is 17.3. The van der Waals surface area contributed by atoms with Crippen molar-refractivity contribution in [2.45, 2.75) is 26.8 Å². The van der Waals surface area contributed by atoms with Crippen LogP contribution in [0.15, 0.2) is 40.9 Å². The van der Waals surface area contributed by atoms with Crippen LogP contribution in [-0.4, -0.2) is 26.6 Å². The summed E-state index contributed by atoms with van der Waals surface area (Å²) in [5, 5.41) is 2.45. The number of nitrogens with zero attached hydrogens (tertiary/aromatic N) is 1. The summed E-state index contributed by atoms with van der Waals surface area (Å²) < 4.78 is 40.2. The largest absolute Gasteiger partial charge is 0.322 e. The fraction of sp³-hybridized carbons (Fsp3) is 0.278. The second-order valence-corrected chi connectivity index (χ2v) is 8.97. The summed E-state index contributed by atoms with van der Waals surface area (Å²) in [5.74, 6) is -1.24. The smallest absolute Gasteiger partial charge is 0.248 e. The first kappa shape index (κ1) is 20.4. The summed E-state index contributed by atoms with van der Waals surface area (Å²) in [6.45, 7) is 5.16. The van der Waals surface area contributed by atoms with E-state index in [1.165, 1.54) is 19.1 Å². The van der Waals surface area contributed by atoms with Crippen LogP contribution in [0.1, 0.15) is 18.1 Å². The Morgan fingerprint density at radius 2 is 1.73 bits per heavy atom. The molecule has 0 aliphatic heterocycles. The van der Waals surface area contributed by atoms with E-state index < -0.39 is 27.8 Å². The number of anilines is 2. The number of halogens is 2. The van der Waals surface area contributed by atoms with Crippen LogP contribution in [0, 0.1) is 19.7 Å². The quantitative estimate of drug-likeness (QED) is 0.760. The van der Waals surface area contributed by atoms with Crippen molar-refractivity contribution in [3.05, 3.63) is 57.8 Å². The summed E-state index contributed by atoms with van der Waals surface area (Å²) in [4.78, 5) is 12.6.